The number of carbonyl (C=O) groups excluding carboxylic acids is 1. The Morgan fingerprint density at radius 3 is 2.44 bits per heavy atom. The van der Waals surface area contributed by atoms with Crippen LogP contribution in [-0.2, 0) is 11.4 Å². The number of hydrogen-bond donors (Lipinski definition) is 1. The zero-order valence-corrected chi connectivity index (χ0v) is 10.3. The molecular formula is C12H14F3NO2. The molecule has 0 aliphatic carbocycles. The number of halogens is 3. The van der Waals surface area contributed by atoms with E-state index in [9.17, 15) is 18.0 Å². The van der Waals surface area contributed by atoms with Crippen molar-refractivity contribution in [3.63, 3.8) is 0 Å². The molecule has 0 atom stereocenters. The van der Waals surface area contributed by atoms with E-state index in [1.807, 2.05) is 0 Å². The molecule has 0 aliphatic rings. The van der Waals surface area contributed by atoms with Gasteiger partial charge in [-0.2, -0.15) is 0 Å². The van der Waals surface area contributed by atoms with E-state index in [0.29, 0.717) is 0 Å². The van der Waals surface area contributed by atoms with Crippen molar-refractivity contribution >= 4 is 11.8 Å². The summed E-state index contributed by atoms with van der Waals surface area (Å²) in [7, 11) is 0. The second-order valence-electron chi connectivity index (χ2n) is 4.69. The van der Waals surface area contributed by atoms with E-state index >= 15 is 0 Å². The van der Waals surface area contributed by atoms with Crippen LogP contribution in [0.1, 0.15) is 26.3 Å². The standard InChI is InChI=1S/C12H14F3NO2/c1-12(2,3)18-11(17)16-8-4-7(6-13)10(15)9(14)5-8/h4-5H,6H2,1-3H3,(H,16,17). The third kappa shape index (κ3) is 3.94. The molecule has 18 heavy (non-hydrogen) atoms. The Morgan fingerprint density at radius 1 is 1.33 bits per heavy atom. The van der Waals surface area contributed by atoms with E-state index < -0.39 is 35.6 Å². The van der Waals surface area contributed by atoms with Crippen molar-refractivity contribution in [3.05, 3.63) is 29.3 Å². The lowest BCUT2D eigenvalue weighted by atomic mass is 10.2. The van der Waals surface area contributed by atoms with Crippen molar-refractivity contribution in [2.75, 3.05) is 5.32 Å². The number of nitrogens with one attached hydrogen (secondary N) is 1. The number of alkyl halides is 1. The van der Waals surface area contributed by atoms with Gasteiger partial charge < -0.3 is 4.74 Å². The fourth-order valence-corrected chi connectivity index (χ4v) is 1.24. The molecule has 0 radical (unpaired) electrons. The molecule has 0 aliphatic heterocycles. The molecule has 100 valence electrons. The van der Waals surface area contributed by atoms with Gasteiger partial charge in [0.1, 0.15) is 12.3 Å². The second kappa shape index (κ2) is 5.29. The molecule has 0 fully saturated rings. The average molecular weight is 261 g/mol. The van der Waals surface area contributed by atoms with Gasteiger partial charge in [0.15, 0.2) is 11.6 Å². The summed E-state index contributed by atoms with van der Waals surface area (Å²) in [6, 6.07) is 1.78. The predicted molar refractivity (Wildman–Crippen MR) is 61.0 cm³/mol. The molecule has 0 spiro atoms. The van der Waals surface area contributed by atoms with Gasteiger partial charge in [0.25, 0.3) is 0 Å². The number of ether oxygens (including phenoxy) is 1. The van der Waals surface area contributed by atoms with Gasteiger partial charge in [-0.3, -0.25) is 5.32 Å². The second-order valence-corrected chi connectivity index (χ2v) is 4.69. The van der Waals surface area contributed by atoms with Crippen molar-refractivity contribution in [2.45, 2.75) is 33.0 Å². The summed E-state index contributed by atoms with van der Waals surface area (Å²) in [4.78, 5) is 11.4. The van der Waals surface area contributed by atoms with Crippen LogP contribution in [-0.4, -0.2) is 11.7 Å². The first-order valence-electron chi connectivity index (χ1n) is 5.27. The number of rotatable bonds is 2. The van der Waals surface area contributed by atoms with E-state index in [0.717, 1.165) is 12.1 Å². The Labute approximate surface area is 103 Å². The maximum atomic E-state index is 13.1. The summed E-state index contributed by atoms with van der Waals surface area (Å²) in [5.41, 5.74) is -1.23. The molecule has 1 aromatic carbocycles. The predicted octanol–water partition coefficient (Wildman–Crippen LogP) is 3.78. The molecule has 1 N–H and O–H groups in total. The fraction of sp³-hybridized carbons (Fsp3) is 0.417. The number of amides is 1. The highest BCUT2D eigenvalue weighted by atomic mass is 19.2. The summed E-state index contributed by atoms with van der Waals surface area (Å²) in [5, 5.41) is 2.21. The van der Waals surface area contributed by atoms with Crippen molar-refractivity contribution in [3.8, 4) is 0 Å². The quantitative estimate of drug-likeness (QED) is 0.879. The third-order valence-corrected chi connectivity index (χ3v) is 1.89. The molecule has 0 unspecified atom stereocenters. The maximum Gasteiger partial charge on any atom is 0.412 e. The Kier molecular flexibility index (Phi) is 4.21. The molecule has 0 saturated carbocycles. The molecule has 0 bridgehead atoms. The highest BCUT2D eigenvalue weighted by molar-refractivity contribution is 5.85. The molecule has 0 heterocycles. The van der Waals surface area contributed by atoms with Crippen LogP contribution in [0.2, 0.25) is 0 Å². The molecule has 0 aromatic heterocycles. The SMILES string of the molecule is CC(C)(C)OC(=O)Nc1cc(F)c(F)c(CF)c1. The van der Waals surface area contributed by atoms with Crippen molar-refractivity contribution < 1.29 is 22.7 Å². The van der Waals surface area contributed by atoms with E-state index in [4.69, 9.17) is 4.74 Å². The largest absolute Gasteiger partial charge is 0.444 e. The lowest BCUT2D eigenvalue weighted by Gasteiger charge is -2.19. The molecule has 6 heteroatoms. The van der Waals surface area contributed by atoms with Crippen LogP contribution in [0.25, 0.3) is 0 Å². The van der Waals surface area contributed by atoms with Crippen molar-refractivity contribution in [1.29, 1.82) is 0 Å². The van der Waals surface area contributed by atoms with E-state index in [1.54, 1.807) is 20.8 Å². The van der Waals surface area contributed by atoms with Crippen molar-refractivity contribution in [2.24, 2.45) is 0 Å². The topological polar surface area (TPSA) is 38.3 Å². The van der Waals surface area contributed by atoms with E-state index in [2.05, 4.69) is 5.32 Å². The minimum Gasteiger partial charge on any atom is -0.444 e. The van der Waals surface area contributed by atoms with Gasteiger partial charge in [-0.15, -0.1) is 0 Å². The van der Waals surface area contributed by atoms with Gasteiger partial charge in [0, 0.05) is 17.3 Å². The van der Waals surface area contributed by atoms with Gasteiger partial charge in [-0.1, -0.05) is 0 Å². The van der Waals surface area contributed by atoms with Crippen LogP contribution < -0.4 is 5.32 Å². The van der Waals surface area contributed by atoms with Gasteiger partial charge in [0.05, 0.1) is 0 Å². The fourth-order valence-electron chi connectivity index (χ4n) is 1.24. The van der Waals surface area contributed by atoms with Crippen LogP contribution in [0, 0.1) is 11.6 Å². The summed E-state index contributed by atoms with van der Waals surface area (Å²) in [5.74, 6) is -2.48. The highest BCUT2D eigenvalue weighted by Crippen LogP contribution is 2.20. The molecular weight excluding hydrogens is 247 g/mol. The van der Waals surface area contributed by atoms with E-state index in [1.165, 1.54) is 0 Å². The zero-order valence-electron chi connectivity index (χ0n) is 10.3. The monoisotopic (exact) mass is 261 g/mol. The van der Waals surface area contributed by atoms with Gasteiger partial charge in [0.2, 0.25) is 0 Å². The first kappa shape index (κ1) is 14.3. The Hall–Kier alpha value is -1.72. The lowest BCUT2D eigenvalue weighted by molar-refractivity contribution is 0.0636. The van der Waals surface area contributed by atoms with Crippen LogP contribution in [0.5, 0.6) is 0 Å². The third-order valence-electron chi connectivity index (χ3n) is 1.89. The molecule has 3 nitrogen and oxygen atoms in total. The minimum absolute atomic E-state index is 0.0594. The van der Waals surface area contributed by atoms with Crippen LogP contribution in [0.15, 0.2) is 12.1 Å². The van der Waals surface area contributed by atoms with Gasteiger partial charge in [-0.05, 0) is 26.8 Å². The van der Waals surface area contributed by atoms with Gasteiger partial charge in [-0.25, -0.2) is 18.0 Å². The Balaban J connectivity index is 2.86. The molecule has 1 rings (SSSR count). The summed E-state index contributed by atoms with van der Waals surface area (Å²) >= 11 is 0. The molecule has 1 amide bonds. The maximum absolute atomic E-state index is 13.1. The molecule has 1 aromatic rings. The Bertz CT molecular complexity index is 455. The zero-order chi connectivity index (χ0) is 13.9. The van der Waals surface area contributed by atoms with Crippen LogP contribution in [0.3, 0.4) is 0 Å². The summed E-state index contributed by atoms with van der Waals surface area (Å²) < 4.78 is 43.4. The number of hydrogen-bond acceptors (Lipinski definition) is 2. The first-order chi connectivity index (χ1) is 8.23. The van der Waals surface area contributed by atoms with Crippen molar-refractivity contribution in [1.82, 2.24) is 0 Å². The molecule has 0 saturated heterocycles. The normalized spacial score (nSPS) is 11.2. The highest BCUT2D eigenvalue weighted by Gasteiger charge is 2.17. The smallest absolute Gasteiger partial charge is 0.412 e. The summed E-state index contributed by atoms with van der Waals surface area (Å²) in [6.07, 6.45) is -0.821. The number of anilines is 1. The average Bonchev–Trinajstić information content (AvgIpc) is 2.20. The lowest BCUT2D eigenvalue weighted by Crippen LogP contribution is -2.27. The summed E-state index contributed by atoms with van der Waals surface area (Å²) in [6.45, 7) is 3.81. The van der Waals surface area contributed by atoms with Crippen LogP contribution in [0.4, 0.5) is 23.7 Å². The van der Waals surface area contributed by atoms with Crippen LogP contribution >= 0.6 is 0 Å². The van der Waals surface area contributed by atoms with E-state index in [-0.39, 0.29) is 5.69 Å². The minimum atomic E-state index is -1.26. The first-order valence-corrected chi connectivity index (χ1v) is 5.27. The number of carbonyl (C=O) groups is 1. The van der Waals surface area contributed by atoms with Gasteiger partial charge >= 0.3 is 6.09 Å². The number of benzene rings is 1. The Morgan fingerprint density at radius 2 is 1.94 bits per heavy atom.